The quantitative estimate of drug-likeness (QED) is 0.435. The van der Waals surface area contributed by atoms with Gasteiger partial charge in [0.2, 0.25) is 5.91 Å². The Morgan fingerprint density at radius 2 is 1.79 bits per heavy atom. The van der Waals surface area contributed by atoms with Crippen LogP contribution in [0.4, 0.5) is 0 Å². The molecule has 6 nitrogen and oxygen atoms in total. The van der Waals surface area contributed by atoms with E-state index in [2.05, 4.69) is 56.5 Å². The average molecular weight is 519 g/mol. The van der Waals surface area contributed by atoms with E-state index in [0.29, 0.717) is 6.04 Å². The molecule has 1 unspecified atom stereocenters. The summed E-state index contributed by atoms with van der Waals surface area (Å²) < 4.78 is 4.73. The summed E-state index contributed by atoms with van der Waals surface area (Å²) in [5.41, 5.74) is 4.48. The molecule has 1 aromatic heterocycles. The second kappa shape index (κ2) is 8.40. The zero-order valence-electron chi connectivity index (χ0n) is 19.1. The summed E-state index contributed by atoms with van der Waals surface area (Å²) in [6, 6.07) is 19.3. The second-order valence-electron chi connectivity index (χ2n) is 9.36. The highest BCUT2D eigenvalue weighted by Crippen LogP contribution is 2.44. The Hall–Kier alpha value is -2.90. The third-order valence-corrected chi connectivity index (χ3v) is 8.38. The Balaban J connectivity index is 1.28. The van der Waals surface area contributed by atoms with Gasteiger partial charge >= 0.3 is 5.69 Å². The zero-order valence-corrected chi connectivity index (χ0v) is 20.7. The first kappa shape index (κ1) is 21.6. The third kappa shape index (κ3) is 3.33. The number of hydrogen-bond acceptors (Lipinski definition) is 3. The van der Waals surface area contributed by atoms with Crippen molar-refractivity contribution < 1.29 is 4.79 Å². The summed E-state index contributed by atoms with van der Waals surface area (Å²) in [5.74, 6) is -0.166. The van der Waals surface area contributed by atoms with E-state index in [-0.39, 0.29) is 24.2 Å². The summed E-state index contributed by atoms with van der Waals surface area (Å²) in [7, 11) is 1.60. The number of benzene rings is 3. The Labute approximate surface area is 206 Å². The van der Waals surface area contributed by atoms with Gasteiger partial charge in [-0.25, -0.2) is 4.79 Å². The first-order valence-electron chi connectivity index (χ1n) is 11.9. The minimum absolute atomic E-state index is 0.0426. The standard InChI is InChI=1S/C27H27BrN4O2/c1-29-25(33)16-31-22-7-2-3-8-23(22)32(27(31)34)18-11-13-30(14-12-18)24-15-20-21(28)10-9-17-5-4-6-19(24)26(17)20/h2-10,18,24H,11-16H2,1H3,(H,29,33). The normalized spacial score (nSPS) is 18.7. The number of halogens is 1. The topological polar surface area (TPSA) is 59.3 Å². The van der Waals surface area contributed by atoms with E-state index < -0.39 is 0 Å². The van der Waals surface area contributed by atoms with Gasteiger partial charge in [0.25, 0.3) is 0 Å². The lowest BCUT2D eigenvalue weighted by molar-refractivity contribution is -0.121. The van der Waals surface area contributed by atoms with Gasteiger partial charge in [0.1, 0.15) is 6.54 Å². The highest BCUT2D eigenvalue weighted by molar-refractivity contribution is 9.10. The van der Waals surface area contributed by atoms with Gasteiger partial charge in [-0.15, -0.1) is 0 Å². The summed E-state index contributed by atoms with van der Waals surface area (Å²) in [6.45, 7) is 1.93. The minimum atomic E-state index is -0.166. The molecule has 0 spiro atoms. The molecular weight excluding hydrogens is 492 g/mol. The number of likely N-dealkylation sites (tertiary alicyclic amines) is 1. The van der Waals surface area contributed by atoms with Crippen molar-refractivity contribution in [3.63, 3.8) is 0 Å². The SMILES string of the molecule is CNC(=O)Cn1c(=O)n(C2CCN(C3Cc4c(Br)ccc5cccc3c45)CC2)c2ccccc21. The van der Waals surface area contributed by atoms with Gasteiger partial charge in [0, 0.05) is 36.7 Å². The summed E-state index contributed by atoms with van der Waals surface area (Å²) in [5, 5.41) is 5.34. The number of aromatic nitrogens is 2. The third-order valence-electron chi connectivity index (χ3n) is 7.64. The van der Waals surface area contributed by atoms with Crippen molar-refractivity contribution in [1.82, 2.24) is 19.4 Å². The molecule has 34 heavy (non-hydrogen) atoms. The fraction of sp³-hybridized carbons (Fsp3) is 0.333. The van der Waals surface area contributed by atoms with Crippen LogP contribution in [-0.2, 0) is 17.8 Å². The molecule has 1 amide bonds. The van der Waals surface area contributed by atoms with Gasteiger partial charge in [0.15, 0.2) is 0 Å². The van der Waals surface area contributed by atoms with Crippen LogP contribution in [0.3, 0.4) is 0 Å². The van der Waals surface area contributed by atoms with E-state index in [9.17, 15) is 9.59 Å². The van der Waals surface area contributed by atoms with Crippen LogP contribution in [-0.4, -0.2) is 40.1 Å². The summed E-state index contributed by atoms with van der Waals surface area (Å²) >= 11 is 3.77. The monoisotopic (exact) mass is 518 g/mol. The predicted octanol–water partition coefficient (Wildman–Crippen LogP) is 4.40. The minimum Gasteiger partial charge on any atom is -0.358 e. The number of rotatable bonds is 4. The Kier molecular flexibility index (Phi) is 5.34. The van der Waals surface area contributed by atoms with Crippen molar-refractivity contribution in [1.29, 1.82) is 0 Å². The lowest BCUT2D eigenvalue weighted by Gasteiger charge is -2.37. The molecule has 174 valence electrons. The fourth-order valence-corrected chi connectivity index (χ4v) is 6.47. The van der Waals surface area contributed by atoms with Crippen LogP contribution in [0.2, 0.25) is 0 Å². The van der Waals surface area contributed by atoms with Crippen LogP contribution in [0.25, 0.3) is 21.8 Å². The Bertz CT molecular complexity index is 1480. The number of likely N-dealkylation sites (N-methyl/N-ethyl adjacent to an activating group) is 1. The molecule has 6 rings (SSSR count). The molecule has 0 radical (unpaired) electrons. The molecule has 1 fully saturated rings. The second-order valence-corrected chi connectivity index (χ2v) is 10.2. The number of carbonyl (C=O) groups excluding carboxylic acids is 1. The van der Waals surface area contributed by atoms with Crippen LogP contribution in [0.1, 0.15) is 36.1 Å². The molecule has 2 aliphatic rings. The van der Waals surface area contributed by atoms with Gasteiger partial charge in [-0.2, -0.15) is 0 Å². The molecule has 1 aliphatic heterocycles. The number of carbonyl (C=O) groups is 1. The van der Waals surface area contributed by atoms with Crippen molar-refractivity contribution in [2.75, 3.05) is 20.1 Å². The molecule has 4 aromatic rings. The molecular formula is C27H27BrN4O2. The first-order chi connectivity index (χ1) is 16.6. The van der Waals surface area contributed by atoms with Gasteiger partial charge in [-0.3, -0.25) is 18.8 Å². The number of imidazole rings is 1. The maximum Gasteiger partial charge on any atom is 0.329 e. The number of para-hydroxylation sites is 2. The predicted molar refractivity (Wildman–Crippen MR) is 138 cm³/mol. The van der Waals surface area contributed by atoms with Crippen molar-refractivity contribution in [3.8, 4) is 0 Å². The van der Waals surface area contributed by atoms with Crippen molar-refractivity contribution >= 4 is 43.6 Å². The molecule has 3 aromatic carbocycles. The van der Waals surface area contributed by atoms with E-state index in [1.165, 1.54) is 26.4 Å². The molecule has 0 saturated carbocycles. The van der Waals surface area contributed by atoms with Crippen LogP contribution >= 0.6 is 15.9 Å². The maximum atomic E-state index is 13.4. The van der Waals surface area contributed by atoms with Crippen molar-refractivity contribution in [2.45, 2.75) is 37.9 Å². The van der Waals surface area contributed by atoms with E-state index in [0.717, 1.165) is 43.4 Å². The molecule has 1 saturated heterocycles. The number of nitrogens with one attached hydrogen (secondary N) is 1. The van der Waals surface area contributed by atoms with E-state index in [4.69, 9.17) is 0 Å². The molecule has 1 aliphatic carbocycles. The lowest BCUT2D eigenvalue weighted by atomic mass is 9.99. The Morgan fingerprint density at radius 1 is 1.03 bits per heavy atom. The fourth-order valence-electron chi connectivity index (χ4n) is 5.98. The van der Waals surface area contributed by atoms with Gasteiger partial charge in [0.05, 0.1) is 11.0 Å². The largest absolute Gasteiger partial charge is 0.358 e. The molecule has 0 bridgehead atoms. The number of fused-ring (bicyclic) bond motifs is 1. The van der Waals surface area contributed by atoms with E-state index in [1.54, 1.807) is 11.6 Å². The van der Waals surface area contributed by atoms with Crippen LogP contribution in [0.5, 0.6) is 0 Å². The van der Waals surface area contributed by atoms with Gasteiger partial charge in [-0.1, -0.05) is 52.3 Å². The van der Waals surface area contributed by atoms with Crippen molar-refractivity contribution in [3.05, 3.63) is 80.7 Å². The molecule has 1 atom stereocenters. The number of piperidine rings is 1. The smallest absolute Gasteiger partial charge is 0.329 e. The van der Waals surface area contributed by atoms with Gasteiger partial charge < -0.3 is 5.32 Å². The van der Waals surface area contributed by atoms with E-state index >= 15 is 0 Å². The number of hydrogen-bond donors (Lipinski definition) is 1. The highest BCUT2D eigenvalue weighted by Gasteiger charge is 2.34. The van der Waals surface area contributed by atoms with Crippen LogP contribution in [0.15, 0.2) is 63.9 Å². The highest BCUT2D eigenvalue weighted by atomic mass is 79.9. The molecule has 2 heterocycles. The summed E-state index contributed by atoms with van der Waals surface area (Å²) in [6.07, 6.45) is 2.85. The molecule has 1 N–H and O–H groups in total. The van der Waals surface area contributed by atoms with Gasteiger partial charge in [-0.05, 0) is 59.4 Å². The summed E-state index contributed by atoms with van der Waals surface area (Å²) in [4.78, 5) is 28.1. The van der Waals surface area contributed by atoms with Crippen molar-refractivity contribution in [2.24, 2.45) is 0 Å². The molecule has 7 heteroatoms. The number of amides is 1. The zero-order chi connectivity index (χ0) is 23.4. The maximum absolute atomic E-state index is 13.4. The average Bonchev–Trinajstić information content (AvgIpc) is 3.39. The van der Waals surface area contributed by atoms with E-state index in [1.807, 2.05) is 28.8 Å². The number of nitrogens with zero attached hydrogens (tertiary/aromatic N) is 3. The van der Waals surface area contributed by atoms with Crippen LogP contribution in [0, 0.1) is 0 Å². The first-order valence-corrected chi connectivity index (χ1v) is 12.7. The lowest BCUT2D eigenvalue weighted by Crippen LogP contribution is -2.40. The Morgan fingerprint density at radius 3 is 2.56 bits per heavy atom. The van der Waals surface area contributed by atoms with Crippen LogP contribution < -0.4 is 11.0 Å².